The van der Waals surface area contributed by atoms with Gasteiger partial charge in [-0.2, -0.15) is 9.97 Å². The van der Waals surface area contributed by atoms with Crippen molar-refractivity contribution in [2.45, 2.75) is 65.5 Å². The van der Waals surface area contributed by atoms with Crippen LogP contribution >= 0.6 is 0 Å². The number of piperazine rings is 2. The Kier molecular flexibility index (Phi) is 10.8. The summed E-state index contributed by atoms with van der Waals surface area (Å²) in [4.78, 5) is 35.7. The Bertz CT molecular complexity index is 1040. The van der Waals surface area contributed by atoms with Crippen LogP contribution in [0.3, 0.4) is 0 Å². The number of hydrogen-bond donors (Lipinski definition) is 3. The molecule has 0 aliphatic carbocycles. The summed E-state index contributed by atoms with van der Waals surface area (Å²) in [6.07, 6.45) is 6.38. The first kappa shape index (κ1) is 28.8. The van der Waals surface area contributed by atoms with E-state index in [0.29, 0.717) is 22.9 Å². The number of nitrogens with zero attached hydrogens (tertiary/aromatic N) is 7. The molecule has 2 aliphatic rings. The zero-order chi connectivity index (χ0) is 26.9. The summed E-state index contributed by atoms with van der Waals surface area (Å²) in [6.45, 7) is 19.3. The molecule has 0 amide bonds. The van der Waals surface area contributed by atoms with Crippen LogP contribution in [0.1, 0.15) is 65.5 Å². The minimum absolute atomic E-state index is 0.0563. The smallest absolute Gasteiger partial charge is 0.329 e. The van der Waals surface area contributed by atoms with Crippen molar-refractivity contribution in [3.05, 3.63) is 10.5 Å². The lowest BCUT2D eigenvalue weighted by Gasteiger charge is -2.40. The largest absolute Gasteiger partial charge is 0.382 e. The zero-order valence-corrected chi connectivity index (χ0v) is 23.9. The number of aromatic amines is 1. The van der Waals surface area contributed by atoms with E-state index in [2.05, 4.69) is 55.7 Å². The number of rotatable bonds is 14. The lowest BCUT2D eigenvalue weighted by atomic mass is 10.1. The van der Waals surface area contributed by atoms with E-state index in [0.717, 1.165) is 97.7 Å². The molecule has 38 heavy (non-hydrogen) atoms. The summed E-state index contributed by atoms with van der Waals surface area (Å²) in [6, 6.07) is 0. The minimum atomic E-state index is -0.152. The fourth-order valence-electron chi connectivity index (χ4n) is 5.88. The third kappa shape index (κ3) is 7.25. The van der Waals surface area contributed by atoms with E-state index in [1.807, 2.05) is 4.57 Å². The highest BCUT2D eigenvalue weighted by Gasteiger charge is 2.29. The van der Waals surface area contributed by atoms with E-state index in [9.17, 15) is 4.79 Å². The highest BCUT2D eigenvalue weighted by molar-refractivity contribution is 5.82. The summed E-state index contributed by atoms with van der Waals surface area (Å²) >= 11 is 0. The predicted octanol–water partition coefficient (Wildman–Crippen LogP) is 2.25. The van der Waals surface area contributed by atoms with Crippen LogP contribution in [-0.4, -0.2) is 118 Å². The van der Waals surface area contributed by atoms with Crippen LogP contribution in [0, 0.1) is 0 Å². The van der Waals surface area contributed by atoms with Gasteiger partial charge in [-0.1, -0.05) is 27.2 Å². The maximum Gasteiger partial charge on any atom is 0.329 e. The first-order chi connectivity index (χ1) is 18.5. The monoisotopic (exact) mass is 530 g/mol. The molecule has 0 radical (unpaired) electrons. The number of imidazole rings is 1. The molecule has 0 bridgehead atoms. The molecule has 2 fully saturated rings. The quantitative estimate of drug-likeness (QED) is 0.316. The Morgan fingerprint density at radius 2 is 1.45 bits per heavy atom. The topological polar surface area (TPSA) is 115 Å². The van der Waals surface area contributed by atoms with Gasteiger partial charge in [-0.15, -0.1) is 0 Å². The molecule has 4 rings (SSSR count). The number of nitrogens with two attached hydrogens (primary N) is 1. The summed E-state index contributed by atoms with van der Waals surface area (Å²) in [7, 11) is 0. The Labute approximate surface area is 227 Å². The van der Waals surface area contributed by atoms with E-state index in [1.54, 1.807) is 0 Å². The molecule has 4 heterocycles. The highest BCUT2D eigenvalue weighted by atomic mass is 16.1. The summed E-state index contributed by atoms with van der Waals surface area (Å²) in [5, 5.41) is 3.29. The van der Waals surface area contributed by atoms with Crippen LogP contribution in [0.5, 0.6) is 0 Å². The number of anilines is 2. The van der Waals surface area contributed by atoms with Crippen molar-refractivity contribution >= 4 is 22.9 Å². The van der Waals surface area contributed by atoms with Crippen molar-refractivity contribution in [2.75, 3.05) is 89.6 Å². The molecule has 2 aromatic heterocycles. The van der Waals surface area contributed by atoms with Gasteiger partial charge in [0, 0.05) is 58.9 Å². The summed E-state index contributed by atoms with van der Waals surface area (Å²) in [5.41, 5.74) is 7.29. The molecule has 0 saturated carbocycles. The average molecular weight is 531 g/mol. The molecule has 2 aromatic rings. The fraction of sp³-hybridized carbons (Fsp3) is 0.815. The second-order valence-corrected chi connectivity index (χ2v) is 10.9. The van der Waals surface area contributed by atoms with Crippen LogP contribution < -0.4 is 16.7 Å². The van der Waals surface area contributed by atoms with Crippen molar-refractivity contribution in [2.24, 2.45) is 0 Å². The molecule has 214 valence electrons. The maximum atomic E-state index is 13.4. The molecule has 11 heteroatoms. The average Bonchev–Trinajstić information content (AvgIpc) is 3.25. The minimum Gasteiger partial charge on any atom is -0.382 e. The van der Waals surface area contributed by atoms with Crippen molar-refractivity contribution in [1.29, 1.82) is 0 Å². The zero-order valence-electron chi connectivity index (χ0n) is 23.9. The second-order valence-electron chi connectivity index (χ2n) is 10.9. The van der Waals surface area contributed by atoms with Crippen molar-refractivity contribution < 1.29 is 0 Å². The van der Waals surface area contributed by atoms with Gasteiger partial charge in [0.15, 0.2) is 11.5 Å². The lowest BCUT2D eigenvalue weighted by Crippen LogP contribution is -2.50. The Morgan fingerprint density at radius 3 is 2.05 bits per heavy atom. The van der Waals surface area contributed by atoms with Gasteiger partial charge in [0.2, 0.25) is 5.95 Å². The van der Waals surface area contributed by atoms with Gasteiger partial charge in [0.25, 0.3) is 0 Å². The molecule has 0 aromatic carbocycles. The van der Waals surface area contributed by atoms with E-state index >= 15 is 0 Å². The number of hydrogen-bond acceptors (Lipinski definition) is 9. The molecule has 1 atom stereocenters. The molecule has 1 unspecified atom stereocenters. The standard InChI is InChI=1S/C27H50N10O/c1-4-7-10-29-26-31-24(28)23-25(32-26)37(27(38)30-23)22(36-20-18-34(12-6-3)19-21-36)9-8-13-35-16-14-33(11-5-2)15-17-35/h22H,4-21H2,1-3H3,(H,30,38)(H3,28,29,31,32). The lowest BCUT2D eigenvalue weighted by molar-refractivity contribution is 0.0557. The molecule has 0 spiro atoms. The van der Waals surface area contributed by atoms with Crippen LogP contribution in [0.15, 0.2) is 4.79 Å². The third-order valence-electron chi connectivity index (χ3n) is 8.02. The normalized spacial score (nSPS) is 19.3. The van der Waals surface area contributed by atoms with Crippen molar-refractivity contribution in [3.63, 3.8) is 0 Å². The summed E-state index contributed by atoms with van der Waals surface area (Å²) in [5.74, 6) is 0.814. The van der Waals surface area contributed by atoms with Crippen LogP contribution in [-0.2, 0) is 0 Å². The Morgan fingerprint density at radius 1 is 0.842 bits per heavy atom. The van der Waals surface area contributed by atoms with E-state index in [1.165, 1.54) is 19.4 Å². The fourth-order valence-corrected chi connectivity index (χ4v) is 5.88. The van der Waals surface area contributed by atoms with Gasteiger partial charge >= 0.3 is 5.69 Å². The molecule has 2 saturated heterocycles. The second kappa shape index (κ2) is 14.3. The molecular formula is C27H50N10O. The highest BCUT2D eigenvalue weighted by Crippen LogP contribution is 2.26. The van der Waals surface area contributed by atoms with Gasteiger partial charge < -0.3 is 30.7 Å². The molecule has 2 aliphatic heterocycles. The number of H-pyrrole nitrogens is 1. The summed E-state index contributed by atoms with van der Waals surface area (Å²) < 4.78 is 1.85. The SMILES string of the molecule is CCCCNc1nc(N)c2[nH]c(=O)n(C(CCCN3CCN(CCC)CC3)N3CCN(CCC)CC3)c2n1. The first-order valence-corrected chi connectivity index (χ1v) is 15.0. The maximum absolute atomic E-state index is 13.4. The van der Waals surface area contributed by atoms with E-state index in [-0.39, 0.29) is 11.9 Å². The molecular weight excluding hydrogens is 480 g/mol. The number of aromatic nitrogens is 4. The van der Waals surface area contributed by atoms with Gasteiger partial charge in [0.1, 0.15) is 5.52 Å². The van der Waals surface area contributed by atoms with Crippen molar-refractivity contribution in [1.82, 2.24) is 39.1 Å². The van der Waals surface area contributed by atoms with Crippen LogP contribution in [0.25, 0.3) is 11.2 Å². The molecule has 11 nitrogen and oxygen atoms in total. The molecule has 4 N–H and O–H groups in total. The van der Waals surface area contributed by atoms with Gasteiger partial charge in [-0.25, -0.2) is 4.79 Å². The van der Waals surface area contributed by atoms with Crippen molar-refractivity contribution in [3.8, 4) is 0 Å². The van der Waals surface area contributed by atoms with Crippen LogP contribution in [0.2, 0.25) is 0 Å². The van der Waals surface area contributed by atoms with E-state index < -0.39 is 0 Å². The Hall–Kier alpha value is -2.21. The third-order valence-corrected chi connectivity index (χ3v) is 8.02. The Balaban J connectivity index is 1.52. The van der Waals surface area contributed by atoms with E-state index in [4.69, 9.17) is 10.7 Å². The predicted molar refractivity (Wildman–Crippen MR) is 156 cm³/mol. The number of nitrogen functional groups attached to an aromatic ring is 1. The number of unbranched alkanes of at least 4 members (excludes halogenated alkanes) is 1. The van der Waals surface area contributed by atoms with Gasteiger partial charge in [0.05, 0.1) is 6.17 Å². The van der Waals surface area contributed by atoms with Gasteiger partial charge in [-0.3, -0.25) is 9.47 Å². The van der Waals surface area contributed by atoms with Gasteiger partial charge in [-0.05, 0) is 51.7 Å². The van der Waals surface area contributed by atoms with Crippen LogP contribution in [0.4, 0.5) is 11.8 Å². The number of nitrogens with one attached hydrogen (secondary N) is 2. The first-order valence-electron chi connectivity index (χ1n) is 15.0. The number of fused-ring (bicyclic) bond motifs is 1.